The zero-order valence-electron chi connectivity index (χ0n) is 13.0. The molecule has 1 saturated carbocycles. The van der Waals surface area contributed by atoms with Gasteiger partial charge in [-0.05, 0) is 37.8 Å². The van der Waals surface area contributed by atoms with E-state index >= 15 is 0 Å². The van der Waals surface area contributed by atoms with Crippen molar-refractivity contribution in [3.05, 3.63) is 24.3 Å². The molecule has 5 heteroatoms. The number of aromatic nitrogens is 1. The molecular weight excluding hydrogens is 312 g/mol. The van der Waals surface area contributed by atoms with Crippen LogP contribution in [0.1, 0.15) is 39.5 Å². The lowest BCUT2D eigenvalue weighted by molar-refractivity contribution is -0.121. The summed E-state index contributed by atoms with van der Waals surface area (Å²) in [7, 11) is 0. The van der Waals surface area contributed by atoms with Crippen LogP contribution >= 0.6 is 23.1 Å². The topological polar surface area (TPSA) is 42.0 Å². The number of rotatable bonds is 4. The van der Waals surface area contributed by atoms with Crippen LogP contribution in [-0.4, -0.2) is 22.2 Å². The fourth-order valence-electron chi connectivity index (χ4n) is 2.94. The van der Waals surface area contributed by atoms with Gasteiger partial charge in [-0.3, -0.25) is 4.79 Å². The summed E-state index contributed by atoms with van der Waals surface area (Å²) in [6.07, 6.45) is 4.87. The summed E-state index contributed by atoms with van der Waals surface area (Å²) in [5, 5.41) is 3.14. The molecule has 1 aromatic heterocycles. The van der Waals surface area contributed by atoms with Crippen LogP contribution in [0.2, 0.25) is 0 Å². The minimum absolute atomic E-state index is 0.102. The Morgan fingerprint density at radius 1 is 1.36 bits per heavy atom. The Balaban J connectivity index is 1.60. The van der Waals surface area contributed by atoms with Crippen molar-refractivity contribution < 1.29 is 4.79 Å². The number of hydrogen-bond acceptors (Lipinski definition) is 4. The molecule has 0 aliphatic heterocycles. The van der Waals surface area contributed by atoms with Crippen molar-refractivity contribution >= 4 is 39.2 Å². The Hall–Kier alpha value is -1.07. The third-order valence-electron chi connectivity index (χ3n) is 4.36. The van der Waals surface area contributed by atoms with Crippen LogP contribution in [-0.2, 0) is 4.79 Å². The van der Waals surface area contributed by atoms with Gasteiger partial charge in [0.2, 0.25) is 5.91 Å². The van der Waals surface area contributed by atoms with E-state index in [9.17, 15) is 4.79 Å². The van der Waals surface area contributed by atoms with Crippen molar-refractivity contribution in [1.82, 2.24) is 10.3 Å². The molecular formula is C17H22N2OS2. The van der Waals surface area contributed by atoms with Gasteiger partial charge < -0.3 is 5.32 Å². The number of para-hydroxylation sites is 1. The fourth-order valence-corrected chi connectivity index (χ4v) is 5.16. The first-order chi connectivity index (χ1) is 10.6. The molecule has 3 nitrogen and oxygen atoms in total. The number of hydrogen-bond donors (Lipinski definition) is 1. The normalized spacial score (nSPS) is 23.4. The molecule has 3 atom stereocenters. The summed E-state index contributed by atoms with van der Waals surface area (Å²) in [6, 6.07) is 8.46. The van der Waals surface area contributed by atoms with E-state index in [0.717, 1.165) is 16.3 Å². The van der Waals surface area contributed by atoms with Gasteiger partial charge in [-0.15, -0.1) is 11.3 Å². The van der Waals surface area contributed by atoms with Crippen LogP contribution in [0.15, 0.2) is 28.6 Å². The lowest BCUT2D eigenvalue weighted by atomic mass is 9.86. The lowest BCUT2D eigenvalue weighted by Crippen LogP contribution is -2.44. The van der Waals surface area contributed by atoms with Gasteiger partial charge in [0, 0.05) is 6.04 Å². The number of carbonyl (C=O) groups excluding carboxylic acids is 1. The van der Waals surface area contributed by atoms with Gasteiger partial charge in [-0.25, -0.2) is 4.98 Å². The van der Waals surface area contributed by atoms with Crippen molar-refractivity contribution in [1.29, 1.82) is 0 Å². The number of fused-ring (bicyclic) bond motifs is 1. The van der Waals surface area contributed by atoms with Crippen molar-refractivity contribution in [3.8, 4) is 0 Å². The van der Waals surface area contributed by atoms with Gasteiger partial charge in [-0.1, -0.05) is 43.7 Å². The summed E-state index contributed by atoms with van der Waals surface area (Å²) >= 11 is 3.22. The molecule has 2 aromatic rings. The van der Waals surface area contributed by atoms with E-state index in [0.29, 0.717) is 12.0 Å². The quantitative estimate of drug-likeness (QED) is 0.839. The van der Waals surface area contributed by atoms with Gasteiger partial charge in [0.1, 0.15) is 0 Å². The van der Waals surface area contributed by atoms with E-state index in [2.05, 4.69) is 23.3 Å². The number of benzene rings is 1. The summed E-state index contributed by atoms with van der Waals surface area (Å²) in [4.78, 5) is 17.0. The Kier molecular flexibility index (Phi) is 5.03. The number of thiazole rings is 1. The molecule has 0 radical (unpaired) electrons. The highest BCUT2D eigenvalue weighted by Crippen LogP contribution is 2.32. The van der Waals surface area contributed by atoms with Crippen molar-refractivity contribution in [3.63, 3.8) is 0 Å². The molecule has 1 N–H and O–H groups in total. The molecule has 22 heavy (non-hydrogen) atoms. The molecule has 0 unspecified atom stereocenters. The monoisotopic (exact) mass is 334 g/mol. The van der Waals surface area contributed by atoms with Crippen LogP contribution in [0.4, 0.5) is 0 Å². The summed E-state index contributed by atoms with van der Waals surface area (Å²) < 4.78 is 2.15. The predicted octanol–water partition coefficient (Wildman–Crippen LogP) is 4.47. The van der Waals surface area contributed by atoms with Gasteiger partial charge >= 0.3 is 0 Å². The van der Waals surface area contributed by atoms with Gasteiger partial charge in [0.05, 0.1) is 15.5 Å². The average Bonchev–Trinajstić information content (AvgIpc) is 2.91. The van der Waals surface area contributed by atoms with Crippen LogP contribution in [0, 0.1) is 5.92 Å². The van der Waals surface area contributed by atoms with E-state index < -0.39 is 0 Å². The predicted molar refractivity (Wildman–Crippen MR) is 94.5 cm³/mol. The van der Waals surface area contributed by atoms with E-state index in [-0.39, 0.29) is 11.2 Å². The van der Waals surface area contributed by atoms with Crippen LogP contribution in [0.5, 0.6) is 0 Å². The van der Waals surface area contributed by atoms with E-state index in [1.54, 1.807) is 23.1 Å². The SMILES string of the molecule is C[C@@H](Sc1nc2ccccc2s1)C(=O)N[C@@H]1CCCC[C@@H]1C. The van der Waals surface area contributed by atoms with Crippen LogP contribution < -0.4 is 5.32 Å². The van der Waals surface area contributed by atoms with E-state index in [1.165, 1.54) is 24.0 Å². The maximum absolute atomic E-state index is 12.4. The molecule has 1 amide bonds. The van der Waals surface area contributed by atoms with Crippen LogP contribution in [0.25, 0.3) is 10.2 Å². The number of nitrogens with zero attached hydrogens (tertiary/aromatic N) is 1. The van der Waals surface area contributed by atoms with Crippen molar-refractivity contribution in [2.45, 2.75) is 55.2 Å². The molecule has 1 aliphatic carbocycles. The fraction of sp³-hybridized carbons (Fsp3) is 0.529. The molecule has 118 valence electrons. The second-order valence-corrected chi connectivity index (χ2v) is 8.70. The molecule has 1 heterocycles. The zero-order chi connectivity index (χ0) is 15.5. The molecule has 1 aliphatic rings. The first-order valence-electron chi connectivity index (χ1n) is 7.96. The third kappa shape index (κ3) is 3.63. The maximum Gasteiger partial charge on any atom is 0.233 e. The van der Waals surface area contributed by atoms with Gasteiger partial charge in [-0.2, -0.15) is 0 Å². The molecule has 0 saturated heterocycles. The second-order valence-electron chi connectivity index (χ2n) is 6.08. The van der Waals surface area contributed by atoms with E-state index in [4.69, 9.17) is 0 Å². The Bertz CT molecular complexity index is 622. The summed E-state index contributed by atoms with van der Waals surface area (Å²) in [5.41, 5.74) is 1.02. The second kappa shape index (κ2) is 7.01. The molecule has 3 rings (SSSR count). The standard InChI is InChI=1S/C17H22N2OS2/c1-11-7-3-4-8-13(11)18-16(20)12(2)21-17-19-14-9-5-6-10-15(14)22-17/h5-6,9-13H,3-4,7-8H2,1-2H3,(H,18,20)/t11-,12+,13+/m0/s1. The molecule has 0 spiro atoms. The summed E-state index contributed by atoms with van der Waals surface area (Å²) in [6.45, 7) is 4.22. The first kappa shape index (κ1) is 15.8. The number of nitrogens with one attached hydrogen (secondary N) is 1. The van der Waals surface area contributed by atoms with Gasteiger partial charge in [0.15, 0.2) is 4.34 Å². The Morgan fingerprint density at radius 3 is 2.91 bits per heavy atom. The lowest BCUT2D eigenvalue weighted by Gasteiger charge is -2.30. The highest BCUT2D eigenvalue weighted by atomic mass is 32.2. The number of thioether (sulfide) groups is 1. The van der Waals surface area contributed by atoms with Crippen LogP contribution in [0.3, 0.4) is 0 Å². The first-order valence-corrected chi connectivity index (χ1v) is 9.65. The van der Waals surface area contributed by atoms with Gasteiger partial charge in [0.25, 0.3) is 0 Å². The summed E-state index contributed by atoms with van der Waals surface area (Å²) in [5.74, 6) is 0.736. The third-order valence-corrected chi connectivity index (χ3v) is 6.59. The highest BCUT2D eigenvalue weighted by molar-refractivity contribution is 8.02. The minimum atomic E-state index is -0.102. The van der Waals surface area contributed by atoms with Crippen molar-refractivity contribution in [2.75, 3.05) is 0 Å². The highest BCUT2D eigenvalue weighted by Gasteiger charge is 2.25. The number of carbonyl (C=O) groups is 1. The van der Waals surface area contributed by atoms with E-state index in [1.807, 2.05) is 25.1 Å². The van der Waals surface area contributed by atoms with Crippen molar-refractivity contribution in [2.24, 2.45) is 5.92 Å². The minimum Gasteiger partial charge on any atom is -0.352 e. The Morgan fingerprint density at radius 2 is 2.14 bits per heavy atom. The molecule has 0 bridgehead atoms. The Labute approximate surface area is 139 Å². The smallest absolute Gasteiger partial charge is 0.233 e. The molecule has 1 fully saturated rings. The number of amides is 1. The average molecular weight is 335 g/mol. The maximum atomic E-state index is 12.4. The zero-order valence-corrected chi connectivity index (χ0v) is 14.7. The largest absolute Gasteiger partial charge is 0.352 e. The molecule has 1 aromatic carbocycles.